The van der Waals surface area contributed by atoms with Crippen molar-refractivity contribution in [3.05, 3.63) is 87.3 Å². The standard InChI is InChI=1S/C26H29N3OS/c1-4-28(5-2)15-16-29-23(17-20-9-7-6-8-10-20)27-25-24(26(29)30)22(18-31-25)21-13-11-19(3)12-14-21/h6-14,18H,4-5,15-17H2,1-3H3. The first-order valence-corrected chi connectivity index (χ1v) is 11.8. The number of hydrogen-bond acceptors (Lipinski definition) is 4. The number of aromatic nitrogens is 2. The summed E-state index contributed by atoms with van der Waals surface area (Å²) in [7, 11) is 0. The molecule has 0 saturated carbocycles. The third kappa shape index (κ3) is 4.63. The molecule has 2 aromatic heterocycles. The number of aryl methyl sites for hydroxylation is 1. The van der Waals surface area contributed by atoms with Crippen LogP contribution in [0.15, 0.2) is 64.8 Å². The van der Waals surface area contributed by atoms with E-state index in [1.54, 1.807) is 11.3 Å². The van der Waals surface area contributed by atoms with Gasteiger partial charge in [-0.2, -0.15) is 0 Å². The predicted octanol–water partition coefficient (Wildman–Crippen LogP) is 5.37. The van der Waals surface area contributed by atoms with Gasteiger partial charge >= 0.3 is 0 Å². The predicted molar refractivity (Wildman–Crippen MR) is 131 cm³/mol. The molecule has 4 rings (SSSR count). The van der Waals surface area contributed by atoms with Gasteiger partial charge in [-0.3, -0.25) is 9.36 Å². The number of hydrogen-bond donors (Lipinski definition) is 0. The van der Waals surface area contributed by atoms with E-state index in [4.69, 9.17) is 4.98 Å². The second kappa shape index (κ2) is 9.58. The molecule has 160 valence electrons. The van der Waals surface area contributed by atoms with E-state index in [2.05, 4.69) is 67.4 Å². The third-order valence-electron chi connectivity index (χ3n) is 5.87. The lowest BCUT2D eigenvalue weighted by atomic mass is 10.0. The Morgan fingerprint density at radius 2 is 1.71 bits per heavy atom. The maximum atomic E-state index is 13.8. The maximum Gasteiger partial charge on any atom is 0.262 e. The summed E-state index contributed by atoms with van der Waals surface area (Å²) < 4.78 is 1.90. The van der Waals surface area contributed by atoms with E-state index in [9.17, 15) is 4.79 Å². The molecule has 2 heterocycles. The fourth-order valence-corrected chi connectivity index (χ4v) is 4.89. The summed E-state index contributed by atoms with van der Waals surface area (Å²) in [4.78, 5) is 21.9. The van der Waals surface area contributed by atoms with Crippen molar-refractivity contribution in [1.82, 2.24) is 14.5 Å². The maximum absolute atomic E-state index is 13.8. The van der Waals surface area contributed by atoms with Gasteiger partial charge in [-0.1, -0.05) is 74.0 Å². The van der Waals surface area contributed by atoms with E-state index >= 15 is 0 Å². The molecule has 0 unspecified atom stereocenters. The van der Waals surface area contributed by atoms with Gasteiger partial charge in [-0.15, -0.1) is 11.3 Å². The number of thiophene rings is 1. The Balaban J connectivity index is 1.82. The quantitative estimate of drug-likeness (QED) is 0.377. The van der Waals surface area contributed by atoms with Crippen LogP contribution in [0, 0.1) is 6.92 Å². The molecule has 0 fully saturated rings. The van der Waals surface area contributed by atoms with Crippen molar-refractivity contribution in [3.8, 4) is 11.1 Å². The van der Waals surface area contributed by atoms with Crippen LogP contribution in [-0.2, 0) is 13.0 Å². The lowest BCUT2D eigenvalue weighted by molar-refractivity contribution is 0.287. The van der Waals surface area contributed by atoms with Crippen molar-refractivity contribution in [2.75, 3.05) is 19.6 Å². The molecule has 5 heteroatoms. The highest BCUT2D eigenvalue weighted by Crippen LogP contribution is 2.31. The molecule has 0 saturated heterocycles. The largest absolute Gasteiger partial charge is 0.302 e. The fourth-order valence-electron chi connectivity index (χ4n) is 3.94. The van der Waals surface area contributed by atoms with Crippen LogP contribution in [0.4, 0.5) is 0 Å². The summed E-state index contributed by atoms with van der Waals surface area (Å²) in [5.41, 5.74) is 4.51. The van der Waals surface area contributed by atoms with Gasteiger partial charge in [0.25, 0.3) is 5.56 Å². The second-order valence-corrected chi connectivity index (χ2v) is 8.73. The van der Waals surface area contributed by atoms with E-state index in [1.807, 2.05) is 22.8 Å². The molecule has 0 aliphatic carbocycles. The monoisotopic (exact) mass is 431 g/mol. The molecular formula is C26H29N3OS. The molecule has 0 N–H and O–H groups in total. The second-order valence-electron chi connectivity index (χ2n) is 7.87. The van der Waals surface area contributed by atoms with Gasteiger partial charge < -0.3 is 4.90 Å². The Labute approximate surface area is 187 Å². The summed E-state index contributed by atoms with van der Waals surface area (Å²) in [5.74, 6) is 0.841. The van der Waals surface area contributed by atoms with E-state index < -0.39 is 0 Å². The molecule has 4 aromatic rings. The lowest BCUT2D eigenvalue weighted by Crippen LogP contribution is -2.33. The van der Waals surface area contributed by atoms with Gasteiger partial charge in [0.2, 0.25) is 0 Å². The van der Waals surface area contributed by atoms with E-state index in [0.29, 0.717) is 13.0 Å². The molecule has 31 heavy (non-hydrogen) atoms. The number of likely N-dealkylation sites (N-methyl/N-ethyl adjacent to an activating group) is 1. The average molecular weight is 432 g/mol. The minimum absolute atomic E-state index is 0.0694. The van der Waals surface area contributed by atoms with Gasteiger partial charge in [0, 0.05) is 30.5 Å². The first-order chi connectivity index (χ1) is 15.1. The van der Waals surface area contributed by atoms with Gasteiger partial charge in [-0.05, 0) is 31.1 Å². The van der Waals surface area contributed by atoms with Crippen LogP contribution in [0.2, 0.25) is 0 Å². The summed E-state index contributed by atoms with van der Waals surface area (Å²) in [5, 5.41) is 2.82. The normalized spacial score (nSPS) is 11.5. The highest BCUT2D eigenvalue weighted by Gasteiger charge is 2.18. The van der Waals surface area contributed by atoms with Crippen LogP contribution < -0.4 is 5.56 Å². The summed E-state index contributed by atoms with van der Waals surface area (Å²) in [6.45, 7) is 9.83. The van der Waals surface area contributed by atoms with Crippen LogP contribution in [-0.4, -0.2) is 34.1 Å². The van der Waals surface area contributed by atoms with Crippen molar-refractivity contribution in [2.45, 2.75) is 33.7 Å². The van der Waals surface area contributed by atoms with Crippen LogP contribution in [0.1, 0.15) is 30.8 Å². The van der Waals surface area contributed by atoms with Crippen molar-refractivity contribution < 1.29 is 0 Å². The van der Waals surface area contributed by atoms with Crippen molar-refractivity contribution in [3.63, 3.8) is 0 Å². The SMILES string of the molecule is CCN(CC)CCn1c(Cc2ccccc2)nc2scc(-c3ccc(C)cc3)c2c1=O. The van der Waals surface area contributed by atoms with Crippen molar-refractivity contribution in [2.24, 2.45) is 0 Å². The highest BCUT2D eigenvalue weighted by atomic mass is 32.1. The number of nitrogens with zero attached hydrogens (tertiary/aromatic N) is 3. The van der Waals surface area contributed by atoms with Crippen LogP contribution >= 0.6 is 11.3 Å². The summed E-state index contributed by atoms with van der Waals surface area (Å²) in [6.07, 6.45) is 0.655. The smallest absolute Gasteiger partial charge is 0.262 e. The number of rotatable bonds is 8. The van der Waals surface area contributed by atoms with Gasteiger partial charge in [0.1, 0.15) is 10.7 Å². The fraction of sp³-hybridized carbons (Fsp3) is 0.308. The minimum atomic E-state index is 0.0694. The minimum Gasteiger partial charge on any atom is -0.302 e. The Morgan fingerprint density at radius 1 is 1.00 bits per heavy atom. The first kappa shape index (κ1) is 21.5. The molecule has 0 bridgehead atoms. The Hall–Kier alpha value is -2.76. The van der Waals surface area contributed by atoms with E-state index in [0.717, 1.165) is 46.8 Å². The van der Waals surface area contributed by atoms with Crippen molar-refractivity contribution >= 4 is 21.6 Å². The molecular weight excluding hydrogens is 402 g/mol. The molecule has 0 aliphatic rings. The Morgan fingerprint density at radius 3 is 2.39 bits per heavy atom. The Kier molecular flexibility index (Phi) is 6.64. The zero-order valence-electron chi connectivity index (χ0n) is 18.5. The highest BCUT2D eigenvalue weighted by molar-refractivity contribution is 7.17. The van der Waals surface area contributed by atoms with Gasteiger partial charge in [0.05, 0.1) is 5.39 Å². The number of benzene rings is 2. The van der Waals surface area contributed by atoms with Crippen LogP contribution in [0.25, 0.3) is 21.3 Å². The molecule has 0 radical (unpaired) electrons. The molecule has 0 aliphatic heterocycles. The molecule has 2 aromatic carbocycles. The van der Waals surface area contributed by atoms with Crippen molar-refractivity contribution in [1.29, 1.82) is 0 Å². The average Bonchev–Trinajstić information content (AvgIpc) is 3.21. The summed E-state index contributed by atoms with van der Waals surface area (Å²) in [6, 6.07) is 18.6. The lowest BCUT2D eigenvalue weighted by Gasteiger charge is -2.20. The van der Waals surface area contributed by atoms with Crippen LogP contribution in [0.5, 0.6) is 0 Å². The Bertz CT molecular complexity index is 1210. The summed E-state index contributed by atoms with van der Waals surface area (Å²) >= 11 is 1.56. The zero-order valence-corrected chi connectivity index (χ0v) is 19.3. The molecule has 0 atom stereocenters. The van der Waals surface area contributed by atoms with Gasteiger partial charge in [-0.25, -0.2) is 4.98 Å². The molecule has 0 amide bonds. The number of fused-ring (bicyclic) bond motifs is 1. The van der Waals surface area contributed by atoms with E-state index in [-0.39, 0.29) is 5.56 Å². The zero-order chi connectivity index (χ0) is 21.8. The topological polar surface area (TPSA) is 38.1 Å². The molecule has 4 nitrogen and oxygen atoms in total. The third-order valence-corrected chi connectivity index (χ3v) is 6.75. The molecule has 0 spiro atoms. The van der Waals surface area contributed by atoms with E-state index in [1.165, 1.54) is 11.1 Å². The van der Waals surface area contributed by atoms with Crippen LogP contribution in [0.3, 0.4) is 0 Å². The first-order valence-electron chi connectivity index (χ1n) is 10.9. The van der Waals surface area contributed by atoms with Gasteiger partial charge in [0.15, 0.2) is 0 Å².